The van der Waals surface area contributed by atoms with Gasteiger partial charge < -0.3 is 15.0 Å². The fraction of sp³-hybridized carbons (Fsp3) is 0.250. The summed E-state index contributed by atoms with van der Waals surface area (Å²) in [6, 6.07) is 9.56. The molecule has 0 fully saturated rings. The van der Waals surface area contributed by atoms with Crippen LogP contribution in [-0.4, -0.2) is 5.16 Å². The quantitative estimate of drug-likeness (QED) is 0.852. The maximum Gasteiger partial charge on any atom is 0.134 e. The number of aromatic nitrogens is 1. The summed E-state index contributed by atoms with van der Waals surface area (Å²) < 4.78 is 10.6. The first-order valence-electron chi connectivity index (χ1n) is 5.12. The van der Waals surface area contributed by atoms with Crippen molar-refractivity contribution in [2.45, 2.75) is 20.1 Å². The van der Waals surface area contributed by atoms with Crippen LogP contribution >= 0.6 is 0 Å². The summed E-state index contributed by atoms with van der Waals surface area (Å²) in [6.45, 7) is 2.71. The third-order valence-electron chi connectivity index (χ3n) is 2.24. The fourth-order valence-corrected chi connectivity index (χ4v) is 1.45. The monoisotopic (exact) mass is 218 g/mol. The molecule has 2 N–H and O–H groups in total. The van der Waals surface area contributed by atoms with Gasteiger partial charge in [0.15, 0.2) is 0 Å². The van der Waals surface area contributed by atoms with Gasteiger partial charge in [-0.15, -0.1) is 0 Å². The highest BCUT2D eigenvalue weighted by atomic mass is 16.5. The molecule has 1 aromatic carbocycles. The zero-order chi connectivity index (χ0) is 11.4. The van der Waals surface area contributed by atoms with Gasteiger partial charge in [-0.25, -0.2) is 0 Å². The first-order valence-corrected chi connectivity index (χ1v) is 5.12. The van der Waals surface area contributed by atoms with Crippen LogP contribution in [-0.2, 0) is 13.2 Å². The van der Waals surface area contributed by atoms with Gasteiger partial charge in [-0.1, -0.05) is 23.4 Å². The van der Waals surface area contributed by atoms with E-state index in [0.717, 1.165) is 22.8 Å². The van der Waals surface area contributed by atoms with Crippen molar-refractivity contribution in [2.24, 2.45) is 5.73 Å². The number of hydrogen-bond donors (Lipinski definition) is 1. The molecule has 2 rings (SSSR count). The summed E-state index contributed by atoms with van der Waals surface area (Å²) in [5, 5.41) is 3.86. The molecule has 0 unspecified atom stereocenters. The Hall–Kier alpha value is -1.81. The first-order chi connectivity index (χ1) is 7.79. The molecule has 4 nitrogen and oxygen atoms in total. The molecule has 0 atom stereocenters. The van der Waals surface area contributed by atoms with E-state index >= 15 is 0 Å². The molecular formula is C12H14N2O2. The molecule has 0 bridgehead atoms. The molecule has 0 aliphatic carbocycles. The molecule has 0 aliphatic heterocycles. The maximum absolute atomic E-state index is 5.62. The van der Waals surface area contributed by atoms with E-state index in [0.29, 0.717) is 13.2 Å². The molecule has 2 aromatic rings. The molecular weight excluding hydrogens is 204 g/mol. The molecule has 0 radical (unpaired) electrons. The second-order valence-corrected chi connectivity index (χ2v) is 3.53. The maximum atomic E-state index is 5.62. The van der Waals surface area contributed by atoms with Crippen molar-refractivity contribution < 1.29 is 9.26 Å². The highest BCUT2D eigenvalue weighted by Gasteiger charge is 2.04. The van der Waals surface area contributed by atoms with Crippen molar-refractivity contribution in [3.63, 3.8) is 0 Å². The van der Waals surface area contributed by atoms with E-state index in [1.165, 1.54) is 0 Å². The summed E-state index contributed by atoms with van der Waals surface area (Å²) in [5.74, 6) is 1.58. The molecule has 0 amide bonds. The topological polar surface area (TPSA) is 61.3 Å². The zero-order valence-electron chi connectivity index (χ0n) is 9.14. The SMILES string of the molecule is Cc1cc(COc2ccccc2CN)no1. The molecule has 1 heterocycles. The summed E-state index contributed by atoms with van der Waals surface area (Å²) in [6.07, 6.45) is 0. The molecule has 0 spiro atoms. The van der Waals surface area contributed by atoms with Crippen LogP contribution in [0.25, 0.3) is 0 Å². The van der Waals surface area contributed by atoms with Gasteiger partial charge in [0, 0.05) is 18.2 Å². The zero-order valence-corrected chi connectivity index (χ0v) is 9.14. The lowest BCUT2D eigenvalue weighted by Crippen LogP contribution is -2.02. The van der Waals surface area contributed by atoms with Crippen LogP contribution in [0.4, 0.5) is 0 Å². The number of benzene rings is 1. The minimum atomic E-state index is 0.397. The van der Waals surface area contributed by atoms with Gasteiger partial charge in [-0.05, 0) is 13.0 Å². The summed E-state index contributed by atoms with van der Waals surface area (Å²) >= 11 is 0. The molecule has 4 heteroatoms. The van der Waals surface area contributed by atoms with Gasteiger partial charge in [-0.3, -0.25) is 0 Å². The Labute approximate surface area is 94.0 Å². The smallest absolute Gasteiger partial charge is 0.134 e. The molecule has 0 saturated heterocycles. The Kier molecular flexibility index (Phi) is 3.22. The van der Waals surface area contributed by atoms with Crippen LogP contribution in [0.15, 0.2) is 34.9 Å². The highest BCUT2D eigenvalue weighted by Crippen LogP contribution is 2.18. The predicted octanol–water partition coefficient (Wildman–Crippen LogP) is 2.02. The number of nitrogens with two attached hydrogens (primary N) is 1. The number of nitrogens with zero attached hydrogens (tertiary/aromatic N) is 1. The minimum Gasteiger partial charge on any atom is -0.487 e. The lowest BCUT2D eigenvalue weighted by atomic mass is 10.2. The van der Waals surface area contributed by atoms with Crippen molar-refractivity contribution in [2.75, 3.05) is 0 Å². The van der Waals surface area contributed by atoms with E-state index in [-0.39, 0.29) is 0 Å². The molecule has 1 aromatic heterocycles. The van der Waals surface area contributed by atoms with Crippen molar-refractivity contribution >= 4 is 0 Å². The minimum absolute atomic E-state index is 0.397. The van der Waals surface area contributed by atoms with Gasteiger partial charge in [0.1, 0.15) is 23.8 Å². The number of rotatable bonds is 4. The molecule has 0 aliphatic rings. The third-order valence-corrected chi connectivity index (χ3v) is 2.24. The summed E-state index contributed by atoms with van der Waals surface area (Å²) in [7, 11) is 0. The third kappa shape index (κ3) is 2.41. The van der Waals surface area contributed by atoms with Crippen molar-refractivity contribution in [1.29, 1.82) is 0 Å². The van der Waals surface area contributed by atoms with E-state index in [9.17, 15) is 0 Å². The number of aryl methyl sites for hydroxylation is 1. The first kappa shape index (κ1) is 10.7. The van der Waals surface area contributed by atoms with Crippen LogP contribution in [0.5, 0.6) is 5.75 Å². The van der Waals surface area contributed by atoms with E-state index in [1.807, 2.05) is 37.3 Å². The summed E-state index contributed by atoms with van der Waals surface area (Å²) in [5.41, 5.74) is 7.38. The molecule has 0 saturated carbocycles. The second kappa shape index (κ2) is 4.81. The fourth-order valence-electron chi connectivity index (χ4n) is 1.45. The van der Waals surface area contributed by atoms with Crippen LogP contribution in [0.3, 0.4) is 0 Å². The predicted molar refractivity (Wildman–Crippen MR) is 59.9 cm³/mol. The Morgan fingerprint density at radius 1 is 1.38 bits per heavy atom. The van der Waals surface area contributed by atoms with Gasteiger partial charge in [0.05, 0.1) is 0 Å². The summed E-state index contributed by atoms with van der Waals surface area (Å²) in [4.78, 5) is 0. The molecule has 84 valence electrons. The van der Waals surface area contributed by atoms with Gasteiger partial charge in [-0.2, -0.15) is 0 Å². The van der Waals surface area contributed by atoms with E-state index < -0.39 is 0 Å². The van der Waals surface area contributed by atoms with Crippen LogP contribution in [0.2, 0.25) is 0 Å². The van der Waals surface area contributed by atoms with Crippen molar-refractivity contribution in [3.05, 3.63) is 47.3 Å². The Balaban J connectivity index is 2.04. The number of para-hydroxylation sites is 1. The van der Waals surface area contributed by atoms with Crippen molar-refractivity contribution in [1.82, 2.24) is 5.16 Å². The van der Waals surface area contributed by atoms with Gasteiger partial charge in [0.25, 0.3) is 0 Å². The van der Waals surface area contributed by atoms with Gasteiger partial charge >= 0.3 is 0 Å². The largest absolute Gasteiger partial charge is 0.487 e. The Morgan fingerprint density at radius 3 is 2.88 bits per heavy atom. The molecule has 16 heavy (non-hydrogen) atoms. The standard InChI is InChI=1S/C12H14N2O2/c1-9-6-11(14-16-9)8-15-12-5-3-2-4-10(12)7-13/h2-6H,7-8,13H2,1H3. The van der Waals surface area contributed by atoms with Crippen molar-refractivity contribution in [3.8, 4) is 5.75 Å². The average molecular weight is 218 g/mol. The van der Waals surface area contributed by atoms with Crippen LogP contribution < -0.4 is 10.5 Å². The Bertz CT molecular complexity index is 466. The van der Waals surface area contributed by atoms with Crippen LogP contribution in [0, 0.1) is 6.92 Å². The van der Waals surface area contributed by atoms with E-state index in [2.05, 4.69) is 5.16 Å². The highest BCUT2D eigenvalue weighted by molar-refractivity contribution is 5.33. The Morgan fingerprint density at radius 2 is 2.19 bits per heavy atom. The average Bonchev–Trinajstić information content (AvgIpc) is 2.73. The number of ether oxygens (including phenoxy) is 1. The number of hydrogen-bond acceptors (Lipinski definition) is 4. The second-order valence-electron chi connectivity index (χ2n) is 3.53. The normalized spacial score (nSPS) is 10.4. The lowest BCUT2D eigenvalue weighted by Gasteiger charge is -2.08. The van der Waals surface area contributed by atoms with Crippen LogP contribution in [0.1, 0.15) is 17.0 Å². The van der Waals surface area contributed by atoms with E-state index in [4.69, 9.17) is 15.0 Å². The lowest BCUT2D eigenvalue weighted by molar-refractivity contribution is 0.285. The van der Waals surface area contributed by atoms with E-state index in [1.54, 1.807) is 0 Å². The van der Waals surface area contributed by atoms with Gasteiger partial charge in [0.2, 0.25) is 0 Å².